The highest BCUT2D eigenvalue weighted by atomic mass is 16.3. The summed E-state index contributed by atoms with van der Waals surface area (Å²) in [6.07, 6.45) is 10.2. The molecule has 2 nitrogen and oxygen atoms in total. The van der Waals surface area contributed by atoms with Crippen molar-refractivity contribution < 1.29 is 9.90 Å². The van der Waals surface area contributed by atoms with Crippen molar-refractivity contribution in [2.75, 3.05) is 0 Å². The zero-order valence-electron chi connectivity index (χ0n) is 12.3. The van der Waals surface area contributed by atoms with Crippen molar-refractivity contribution in [2.24, 2.45) is 17.3 Å². The molecule has 0 aromatic rings. The molecule has 20 heavy (non-hydrogen) atoms. The third-order valence-electron chi connectivity index (χ3n) is 6.61. The minimum Gasteiger partial charge on any atom is -0.393 e. The first-order chi connectivity index (χ1) is 9.59. The molecule has 0 heterocycles. The second-order valence-electron chi connectivity index (χ2n) is 7.50. The molecule has 2 saturated carbocycles. The molecule has 108 valence electrons. The van der Waals surface area contributed by atoms with Crippen LogP contribution >= 0.6 is 0 Å². The molecule has 0 amide bonds. The van der Waals surface area contributed by atoms with Crippen LogP contribution in [-0.4, -0.2) is 17.0 Å². The first-order valence-electron chi connectivity index (χ1n) is 8.20. The number of aliphatic hydroxyl groups excluding tert-OH is 1. The van der Waals surface area contributed by atoms with Crippen molar-refractivity contribution in [3.8, 4) is 0 Å². The molecular formula is C18H24O2. The van der Waals surface area contributed by atoms with Gasteiger partial charge in [0.2, 0.25) is 0 Å². The van der Waals surface area contributed by atoms with Gasteiger partial charge in [0.1, 0.15) is 5.78 Å². The molecule has 2 fully saturated rings. The number of hydrogen-bond donors (Lipinski definition) is 1. The largest absolute Gasteiger partial charge is 0.393 e. The predicted octanol–water partition coefficient (Wildman–Crippen LogP) is 3.55. The Morgan fingerprint density at radius 3 is 2.95 bits per heavy atom. The minimum absolute atomic E-state index is 0.113. The van der Waals surface area contributed by atoms with Crippen LogP contribution in [0.3, 0.4) is 0 Å². The van der Waals surface area contributed by atoms with Crippen LogP contribution in [0.25, 0.3) is 0 Å². The van der Waals surface area contributed by atoms with E-state index in [1.54, 1.807) is 11.1 Å². The summed E-state index contributed by atoms with van der Waals surface area (Å²) >= 11 is 0. The molecule has 2 unspecified atom stereocenters. The van der Waals surface area contributed by atoms with E-state index in [1.807, 2.05) is 0 Å². The van der Waals surface area contributed by atoms with Gasteiger partial charge in [0.05, 0.1) is 6.10 Å². The van der Waals surface area contributed by atoms with E-state index >= 15 is 0 Å². The number of ketones is 1. The Balaban J connectivity index is 1.68. The van der Waals surface area contributed by atoms with Crippen molar-refractivity contribution >= 4 is 5.78 Å². The highest BCUT2D eigenvalue weighted by molar-refractivity contribution is 5.83. The van der Waals surface area contributed by atoms with Crippen LogP contribution < -0.4 is 0 Å². The summed E-state index contributed by atoms with van der Waals surface area (Å²) in [5, 5.41) is 10.4. The molecular weight excluding hydrogens is 248 g/mol. The van der Waals surface area contributed by atoms with Gasteiger partial charge in [-0.15, -0.1) is 0 Å². The number of rotatable bonds is 0. The number of carbonyl (C=O) groups is 1. The smallest absolute Gasteiger partial charge is 0.137 e. The average Bonchev–Trinajstić information content (AvgIpc) is 2.74. The summed E-state index contributed by atoms with van der Waals surface area (Å²) in [5.41, 5.74) is 4.76. The van der Waals surface area contributed by atoms with Crippen LogP contribution in [0.15, 0.2) is 22.8 Å². The van der Waals surface area contributed by atoms with Crippen LogP contribution in [0.2, 0.25) is 0 Å². The van der Waals surface area contributed by atoms with E-state index in [-0.39, 0.29) is 11.5 Å². The standard InChI is InChI=1S/C18H24O2/c1-18-9-8-14-13-5-3-12(19)10-11(13)2-4-15(14)16(18)6-7-17(18)20/h4,14,16-17,20H,2-3,5-10H2,1H3/t14-,16+,17?,18?/m1/s1. The summed E-state index contributed by atoms with van der Waals surface area (Å²) in [4.78, 5) is 11.7. The zero-order valence-corrected chi connectivity index (χ0v) is 12.3. The van der Waals surface area contributed by atoms with Gasteiger partial charge in [0.25, 0.3) is 0 Å². The van der Waals surface area contributed by atoms with E-state index in [9.17, 15) is 9.90 Å². The Labute approximate surface area is 120 Å². The Hall–Kier alpha value is -0.890. The SMILES string of the molecule is CC12CC[C@H]3C(=CCC4=C3CCC(=O)C4)[C@@H]1CCC2O. The van der Waals surface area contributed by atoms with Crippen LogP contribution in [0.5, 0.6) is 0 Å². The number of fused-ring (bicyclic) bond motifs is 4. The van der Waals surface area contributed by atoms with Gasteiger partial charge in [0, 0.05) is 24.2 Å². The lowest BCUT2D eigenvalue weighted by Gasteiger charge is -2.47. The Bertz CT molecular complexity index is 528. The summed E-state index contributed by atoms with van der Waals surface area (Å²) in [7, 11) is 0. The summed E-state index contributed by atoms with van der Waals surface area (Å²) in [6, 6.07) is 0. The topological polar surface area (TPSA) is 37.3 Å². The molecule has 0 spiro atoms. The van der Waals surface area contributed by atoms with E-state index in [2.05, 4.69) is 13.0 Å². The number of Topliss-reactive ketones (excluding diaryl/α,β-unsaturated/α-hetero) is 1. The van der Waals surface area contributed by atoms with Gasteiger partial charge >= 0.3 is 0 Å². The Kier molecular flexibility index (Phi) is 2.76. The van der Waals surface area contributed by atoms with Crippen molar-refractivity contribution in [1.82, 2.24) is 0 Å². The monoisotopic (exact) mass is 272 g/mol. The number of allylic oxidation sites excluding steroid dienone is 4. The molecule has 0 aliphatic heterocycles. The van der Waals surface area contributed by atoms with Crippen LogP contribution in [-0.2, 0) is 4.79 Å². The Morgan fingerprint density at radius 2 is 2.10 bits per heavy atom. The second-order valence-corrected chi connectivity index (χ2v) is 7.50. The fourth-order valence-electron chi connectivity index (χ4n) is 5.39. The molecule has 2 heteroatoms. The number of hydrogen-bond acceptors (Lipinski definition) is 2. The molecule has 1 N–H and O–H groups in total. The molecule has 4 rings (SSSR count). The van der Waals surface area contributed by atoms with Gasteiger partial charge < -0.3 is 5.11 Å². The zero-order chi connectivity index (χ0) is 13.9. The third-order valence-corrected chi connectivity index (χ3v) is 6.61. The van der Waals surface area contributed by atoms with Crippen molar-refractivity contribution in [3.63, 3.8) is 0 Å². The van der Waals surface area contributed by atoms with Crippen LogP contribution in [0.1, 0.15) is 58.3 Å². The van der Waals surface area contributed by atoms with E-state index in [4.69, 9.17) is 0 Å². The number of carbonyl (C=O) groups excluding carboxylic acids is 1. The average molecular weight is 272 g/mol. The highest BCUT2D eigenvalue weighted by Crippen LogP contribution is 2.59. The molecule has 0 bridgehead atoms. The summed E-state index contributed by atoms with van der Waals surface area (Å²) in [5.74, 6) is 1.62. The van der Waals surface area contributed by atoms with E-state index in [0.29, 0.717) is 24.0 Å². The van der Waals surface area contributed by atoms with Crippen molar-refractivity contribution in [1.29, 1.82) is 0 Å². The maximum Gasteiger partial charge on any atom is 0.137 e. The van der Waals surface area contributed by atoms with Gasteiger partial charge in [-0.2, -0.15) is 0 Å². The first kappa shape index (κ1) is 12.8. The van der Waals surface area contributed by atoms with E-state index in [0.717, 1.165) is 38.5 Å². The normalized spacial score (nSPS) is 43.8. The summed E-state index contributed by atoms with van der Waals surface area (Å²) in [6.45, 7) is 2.29. The third kappa shape index (κ3) is 1.64. The molecule has 0 saturated heterocycles. The van der Waals surface area contributed by atoms with Gasteiger partial charge in [-0.25, -0.2) is 0 Å². The maximum absolute atomic E-state index is 11.7. The van der Waals surface area contributed by atoms with Gasteiger partial charge in [0.15, 0.2) is 0 Å². The fraction of sp³-hybridized carbons (Fsp3) is 0.722. The van der Waals surface area contributed by atoms with Crippen molar-refractivity contribution in [2.45, 2.75) is 64.4 Å². The molecule has 4 atom stereocenters. The van der Waals surface area contributed by atoms with Crippen LogP contribution in [0.4, 0.5) is 0 Å². The number of aliphatic hydroxyl groups is 1. The lowest BCUT2D eigenvalue weighted by Crippen LogP contribution is -2.40. The second kappa shape index (κ2) is 4.30. The van der Waals surface area contributed by atoms with Gasteiger partial charge in [-0.05, 0) is 44.4 Å². The Morgan fingerprint density at radius 1 is 1.25 bits per heavy atom. The van der Waals surface area contributed by atoms with Crippen molar-refractivity contribution in [3.05, 3.63) is 22.8 Å². The minimum atomic E-state index is -0.113. The lowest BCUT2D eigenvalue weighted by molar-refractivity contribution is -0.118. The predicted molar refractivity (Wildman–Crippen MR) is 78.1 cm³/mol. The lowest BCUT2D eigenvalue weighted by atomic mass is 9.58. The molecule has 4 aliphatic carbocycles. The molecule has 0 aromatic heterocycles. The van der Waals surface area contributed by atoms with Gasteiger partial charge in [-0.3, -0.25) is 4.79 Å². The van der Waals surface area contributed by atoms with E-state index < -0.39 is 0 Å². The highest BCUT2D eigenvalue weighted by Gasteiger charge is 2.52. The van der Waals surface area contributed by atoms with Crippen LogP contribution in [0, 0.1) is 17.3 Å². The maximum atomic E-state index is 11.7. The fourth-order valence-corrected chi connectivity index (χ4v) is 5.39. The summed E-state index contributed by atoms with van der Waals surface area (Å²) < 4.78 is 0. The molecule has 4 aliphatic rings. The van der Waals surface area contributed by atoms with Gasteiger partial charge in [-0.1, -0.05) is 29.7 Å². The van der Waals surface area contributed by atoms with E-state index in [1.165, 1.54) is 12.0 Å². The first-order valence-corrected chi connectivity index (χ1v) is 8.20. The molecule has 0 radical (unpaired) electrons. The molecule has 0 aromatic carbocycles. The quantitative estimate of drug-likeness (QED) is 0.685.